The highest BCUT2D eigenvalue weighted by molar-refractivity contribution is 5.91. The van der Waals surface area contributed by atoms with Crippen molar-refractivity contribution in [3.05, 3.63) is 58.9 Å². The second-order valence-electron chi connectivity index (χ2n) is 11.1. The smallest absolute Gasteiger partial charge is 0.225 e. The average Bonchev–Trinajstić information content (AvgIpc) is 2.87. The topological polar surface area (TPSA) is 87.6 Å². The van der Waals surface area contributed by atoms with Crippen molar-refractivity contribution in [1.29, 1.82) is 0 Å². The minimum Gasteiger partial charge on any atom is -0.496 e. The number of aryl methyl sites for hydroxylation is 1. The first-order valence-electron chi connectivity index (χ1n) is 13.1. The maximum atomic E-state index is 12.5. The minimum absolute atomic E-state index is 0.0298. The molecule has 7 nitrogen and oxygen atoms in total. The van der Waals surface area contributed by atoms with Crippen molar-refractivity contribution in [2.45, 2.75) is 70.9 Å². The van der Waals surface area contributed by atoms with E-state index in [4.69, 9.17) is 14.7 Å². The molecule has 1 fully saturated rings. The third-order valence-electron chi connectivity index (χ3n) is 7.56. The molecule has 0 saturated heterocycles. The van der Waals surface area contributed by atoms with Crippen LogP contribution in [0.5, 0.6) is 5.75 Å². The molecule has 1 heterocycles. The summed E-state index contributed by atoms with van der Waals surface area (Å²) >= 11 is 0. The van der Waals surface area contributed by atoms with Gasteiger partial charge in [-0.25, -0.2) is 9.97 Å². The van der Waals surface area contributed by atoms with E-state index in [0.29, 0.717) is 11.7 Å². The van der Waals surface area contributed by atoms with Gasteiger partial charge in [-0.15, -0.1) is 0 Å². The molecule has 0 radical (unpaired) electrons. The van der Waals surface area contributed by atoms with Crippen LogP contribution < -0.4 is 10.1 Å². The predicted molar refractivity (Wildman–Crippen MR) is 148 cm³/mol. The van der Waals surface area contributed by atoms with Crippen molar-refractivity contribution in [2.24, 2.45) is 5.92 Å². The lowest BCUT2D eigenvalue weighted by Gasteiger charge is -2.30. The van der Waals surface area contributed by atoms with Gasteiger partial charge in [-0.3, -0.25) is 4.79 Å². The molecule has 1 aliphatic rings. The lowest BCUT2D eigenvalue weighted by molar-refractivity contribution is -0.134. The SMILES string of the molecule is COc1cc2nc(C)nc(N[C@@H](C)c3cccc(C(C)(C)O)c3)c2cc1C1CCC(C(=O)N(C)C)CC1. The van der Waals surface area contributed by atoms with Crippen molar-refractivity contribution in [3.63, 3.8) is 0 Å². The first-order chi connectivity index (χ1) is 17.5. The van der Waals surface area contributed by atoms with Gasteiger partial charge in [-0.05, 0) is 82.1 Å². The number of hydrogen-bond donors (Lipinski definition) is 2. The van der Waals surface area contributed by atoms with Gasteiger partial charge in [0.15, 0.2) is 0 Å². The quantitative estimate of drug-likeness (QED) is 0.429. The van der Waals surface area contributed by atoms with E-state index in [1.165, 1.54) is 0 Å². The molecule has 0 aliphatic heterocycles. The van der Waals surface area contributed by atoms with Crippen LogP contribution in [0.4, 0.5) is 5.82 Å². The van der Waals surface area contributed by atoms with Crippen LogP contribution in [0.15, 0.2) is 36.4 Å². The van der Waals surface area contributed by atoms with Crippen LogP contribution in [0.25, 0.3) is 10.9 Å². The number of hydrogen-bond acceptors (Lipinski definition) is 6. The van der Waals surface area contributed by atoms with E-state index in [2.05, 4.69) is 24.4 Å². The number of benzene rings is 2. The van der Waals surface area contributed by atoms with E-state index in [1.54, 1.807) is 25.9 Å². The van der Waals surface area contributed by atoms with Gasteiger partial charge in [0.1, 0.15) is 17.4 Å². The van der Waals surface area contributed by atoms with Crippen molar-refractivity contribution >= 4 is 22.6 Å². The molecule has 0 unspecified atom stereocenters. The zero-order valence-electron chi connectivity index (χ0n) is 23.1. The van der Waals surface area contributed by atoms with Gasteiger partial charge >= 0.3 is 0 Å². The fourth-order valence-corrected chi connectivity index (χ4v) is 5.39. The molecule has 2 N–H and O–H groups in total. The van der Waals surface area contributed by atoms with Crippen LogP contribution in [0.1, 0.15) is 80.9 Å². The zero-order chi connectivity index (χ0) is 26.9. The molecular formula is C30H40N4O3. The summed E-state index contributed by atoms with van der Waals surface area (Å²) in [6.07, 6.45) is 3.66. The van der Waals surface area contributed by atoms with Gasteiger partial charge in [0.25, 0.3) is 0 Å². The number of aromatic nitrogens is 2. The molecule has 0 bridgehead atoms. The van der Waals surface area contributed by atoms with E-state index in [1.807, 2.05) is 45.3 Å². The Bertz CT molecular complexity index is 1270. The van der Waals surface area contributed by atoms with Gasteiger partial charge in [0.2, 0.25) is 5.91 Å². The van der Waals surface area contributed by atoms with E-state index < -0.39 is 5.60 Å². The number of ether oxygens (including phenoxy) is 1. The Morgan fingerprint density at radius 2 is 1.84 bits per heavy atom. The fourth-order valence-electron chi connectivity index (χ4n) is 5.39. The monoisotopic (exact) mass is 504 g/mol. The van der Waals surface area contributed by atoms with Crippen molar-refractivity contribution in [1.82, 2.24) is 14.9 Å². The summed E-state index contributed by atoms with van der Waals surface area (Å²) in [6, 6.07) is 12.2. The largest absolute Gasteiger partial charge is 0.496 e. The third kappa shape index (κ3) is 5.87. The van der Waals surface area contributed by atoms with Gasteiger partial charge in [0, 0.05) is 37.5 Å². The highest BCUT2D eigenvalue weighted by atomic mass is 16.5. The number of fused-ring (bicyclic) bond motifs is 1. The summed E-state index contributed by atoms with van der Waals surface area (Å²) in [4.78, 5) is 23.6. The highest BCUT2D eigenvalue weighted by Crippen LogP contribution is 2.42. The van der Waals surface area contributed by atoms with Gasteiger partial charge in [0.05, 0.1) is 18.2 Å². The molecule has 1 saturated carbocycles. The number of carbonyl (C=O) groups is 1. The first-order valence-corrected chi connectivity index (χ1v) is 13.1. The normalized spacial score (nSPS) is 18.9. The maximum Gasteiger partial charge on any atom is 0.225 e. The number of amides is 1. The zero-order valence-corrected chi connectivity index (χ0v) is 23.1. The van der Waals surface area contributed by atoms with Crippen molar-refractivity contribution in [2.75, 3.05) is 26.5 Å². The molecule has 0 spiro atoms. The number of anilines is 1. The van der Waals surface area contributed by atoms with E-state index in [0.717, 1.165) is 64.8 Å². The number of methoxy groups -OCH3 is 1. The number of nitrogens with one attached hydrogen (secondary N) is 1. The summed E-state index contributed by atoms with van der Waals surface area (Å²) in [5.41, 5.74) is 3.03. The minimum atomic E-state index is -0.907. The Balaban J connectivity index is 1.66. The Hall–Kier alpha value is -3.19. The molecule has 7 heteroatoms. The number of carbonyl (C=O) groups excluding carboxylic acids is 1. The number of aliphatic hydroxyl groups is 1. The van der Waals surface area contributed by atoms with Gasteiger partial charge < -0.3 is 20.1 Å². The number of nitrogens with zero attached hydrogens (tertiary/aromatic N) is 3. The lowest BCUT2D eigenvalue weighted by atomic mass is 9.77. The third-order valence-corrected chi connectivity index (χ3v) is 7.56. The molecule has 1 amide bonds. The second-order valence-corrected chi connectivity index (χ2v) is 11.1. The van der Waals surface area contributed by atoms with E-state index in [-0.39, 0.29) is 17.9 Å². The molecule has 1 aliphatic carbocycles. The fraction of sp³-hybridized carbons (Fsp3) is 0.500. The Morgan fingerprint density at radius 1 is 1.14 bits per heavy atom. The summed E-state index contributed by atoms with van der Waals surface area (Å²) in [5.74, 6) is 2.95. The molecule has 37 heavy (non-hydrogen) atoms. The van der Waals surface area contributed by atoms with Gasteiger partial charge in [-0.1, -0.05) is 24.3 Å². The van der Waals surface area contributed by atoms with E-state index >= 15 is 0 Å². The summed E-state index contributed by atoms with van der Waals surface area (Å²) < 4.78 is 5.81. The molecule has 3 aromatic rings. The second kappa shape index (κ2) is 10.7. The molecule has 2 aromatic carbocycles. The predicted octanol–water partition coefficient (Wildman–Crippen LogP) is 5.71. The van der Waals surface area contributed by atoms with E-state index in [9.17, 15) is 9.90 Å². The highest BCUT2D eigenvalue weighted by Gasteiger charge is 2.30. The first kappa shape index (κ1) is 26.9. The standard InChI is InChI=1S/C30H40N4O3/c1-18(22-9-8-10-23(15-22)30(3,4)36)31-28-25-16-24(27(37-7)17-26(25)32-19(2)33-28)20-11-13-21(14-12-20)29(35)34(5)6/h8-10,15-18,20-21,36H,11-14H2,1-7H3,(H,31,32,33)/t18-,20?,21?/m0/s1. The molecule has 1 aromatic heterocycles. The maximum absolute atomic E-state index is 12.5. The summed E-state index contributed by atoms with van der Waals surface area (Å²) in [7, 11) is 5.37. The molecule has 1 atom stereocenters. The average molecular weight is 505 g/mol. The van der Waals surface area contributed by atoms with Crippen LogP contribution >= 0.6 is 0 Å². The lowest BCUT2D eigenvalue weighted by Crippen LogP contribution is -2.32. The Morgan fingerprint density at radius 3 is 2.46 bits per heavy atom. The Kier molecular flexibility index (Phi) is 7.74. The van der Waals surface area contributed by atoms with Crippen LogP contribution in [0.2, 0.25) is 0 Å². The number of rotatable bonds is 7. The molecular weight excluding hydrogens is 464 g/mol. The van der Waals surface area contributed by atoms with Gasteiger partial charge in [-0.2, -0.15) is 0 Å². The summed E-state index contributed by atoms with van der Waals surface area (Å²) in [5, 5.41) is 15.0. The van der Waals surface area contributed by atoms with Crippen molar-refractivity contribution in [3.8, 4) is 5.75 Å². The van der Waals surface area contributed by atoms with Crippen molar-refractivity contribution < 1.29 is 14.6 Å². The Labute approximate surface area is 220 Å². The molecule has 198 valence electrons. The van der Waals surface area contributed by atoms with Crippen LogP contribution in [-0.4, -0.2) is 47.1 Å². The van der Waals surface area contributed by atoms with Crippen LogP contribution in [0, 0.1) is 12.8 Å². The van der Waals surface area contributed by atoms with Crippen LogP contribution in [0.3, 0.4) is 0 Å². The molecule has 4 rings (SSSR count). The summed E-state index contributed by atoms with van der Waals surface area (Å²) in [6.45, 7) is 7.59. The van der Waals surface area contributed by atoms with Crippen LogP contribution in [-0.2, 0) is 10.4 Å².